The summed E-state index contributed by atoms with van der Waals surface area (Å²) < 4.78 is 17.2. The van der Waals surface area contributed by atoms with Crippen LogP contribution >= 0.6 is 0 Å². The Morgan fingerprint density at radius 1 is 1.04 bits per heavy atom. The van der Waals surface area contributed by atoms with Gasteiger partial charge in [0, 0.05) is 29.6 Å². The van der Waals surface area contributed by atoms with Crippen LogP contribution in [0.15, 0.2) is 47.2 Å². The minimum absolute atomic E-state index is 0.0786. The molecule has 2 amide bonds. The van der Waals surface area contributed by atoms with E-state index in [1.165, 1.54) is 5.56 Å². The summed E-state index contributed by atoms with van der Waals surface area (Å²) in [4.78, 5) is 40.3. The molecule has 0 radical (unpaired) electrons. The molecule has 2 aromatic heterocycles. The molecule has 2 saturated carbocycles. The Hall–Kier alpha value is -3.92. The first-order valence-corrected chi connectivity index (χ1v) is 18.3. The van der Waals surface area contributed by atoms with Crippen molar-refractivity contribution in [2.24, 2.45) is 11.8 Å². The Morgan fingerprint density at radius 3 is 2.36 bits per heavy atom. The summed E-state index contributed by atoms with van der Waals surface area (Å²) in [5.74, 6) is 2.95. The van der Waals surface area contributed by atoms with Crippen molar-refractivity contribution in [2.45, 2.75) is 122 Å². The summed E-state index contributed by atoms with van der Waals surface area (Å²) in [5, 5.41) is 10.1. The highest BCUT2D eigenvalue weighted by Crippen LogP contribution is 2.39. The van der Waals surface area contributed by atoms with E-state index in [-0.39, 0.29) is 36.0 Å². The first-order valence-electron chi connectivity index (χ1n) is 18.3. The first kappa shape index (κ1) is 35.9. The fourth-order valence-corrected chi connectivity index (χ4v) is 7.73. The van der Waals surface area contributed by atoms with Crippen molar-refractivity contribution >= 4 is 17.8 Å². The van der Waals surface area contributed by atoms with Gasteiger partial charge in [0.2, 0.25) is 5.91 Å². The number of aliphatic hydroxyl groups is 1. The van der Waals surface area contributed by atoms with Crippen LogP contribution < -0.4 is 9.64 Å². The highest BCUT2D eigenvalue weighted by atomic mass is 16.6. The molecule has 270 valence electrons. The molecule has 1 unspecified atom stereocenters. The molecule has 1 atom stereocenters. The minimum atomic E-state index is -0.626. The fraction of sp³-hybridized carbons (Fsp3) is 0.600. The molecule has 2 aliphatic carbocycles. The van der Waals surface area contributed by atoms with Gasteiger partial charge in [-0.25, -0.2) is 14.8 Å². The van der Waals surface area contributed by atoms with Crippen molar-refractivity contribution < 1.29 is 28.6 Å². The van der Waals surface area contributed by atoms with Crippen molar-refractivity contribution in [2.75, 3.05) is 25.1 Å². The number of aromatic nitrogens is 2. The zero-order chi connectivity index (χ0) is 35.8. The number of carbonyl (C=O) groups excluding carboxylic acids is 2. The Morgan fingerprint density at radius 2 is 1.76 bits per heavy atom. The Kier molecular flexibility index (Phi) is 10.3. The highest BCUT2D eigenvalue weighted by Gasteiger charge is 2.49. The Bertz CT molecular complexity index is 1660. The second kappa shape index (κ2) is 14.4. The molecule has 10 nitrogen and oxygen atoms in total. The molecule has 3 heterocycles. The van der Waals surface area contributed by atoms with E-state index in [9.17, 15) is 14.7 Å². The summed E-state index contributed by atoms with van der Waals surface area (Å²) >= 11 is 0. The monoisotopic (exact) mass is 686 g/mol. The number of hydrogen-bond donors (Lipinski definition) is 1. The molecular weight excluding hydrogens is 632 g/mol. The van der Waals surface area contributed by atoms with Gasteiger partial charge >= 0.3 is 6.09 Å². The second-order valence-corrected chi connectivity index (χ2v) is 16.2. The van der Waals surface area contributed by atoms with Crippen molar-refractivity contribution in [3.05, 3.63) is 59.8 Å². The van der Waals surface area contributed by atoms with E-state index >= 15 is 0 Å². The quantitative estimate of drug-likeness (QED) is 0.255. The SMILES string of the molecule is COc1ccc([C@H]2CC[C@H](CN(c3cc(-c4coc(C(C)(C)C)n4)ccn3)C(=O)[C@H]3CC[C@H](OC(=O)N4CC(O)C4(C)C)CC3)CC2)cc1C. The molecule has 0 bridgehead atoms. The average molecular weight is 687 g/mol. The number of rotatable bonds is 8. The van der Waals surface area contributed by atoms with E-state index in [0.29, 0.717) is 55.8 Å². The normalized spacial score (nSPS) is 25.0. The van der Waals surface area contributed by atoms with Gasteiger partial charge in [0.1, 0.15) is 29.6 Å². The zero-order valence-corrected chi connectivity index (χ0v) is 30.8. The van der Waals surface area contributed by atoms with Crippen LogP contribution in [0.1, 0.15) is 109 Å². The lowest BCUT2D eigenvalue weighted by molar-refractivity contribution is -0.125. The van der Waals surface area contributed by atoms with Gasteiger partial charge in [0.25, 0.3) is 0 Å². The molecule has 1 saturated heterocycles. The average Bonchev–Trinajstić information content (AvgIpc) is 3.62. The number of pyridine rings is 1. The number of aryl methyl sites for hydroxylation is 1. The van der Waals surface area contributed by atoms with Gasteiger partial charge in [0.05, 0.1) is 25.3 Å². The van der Waals surface area contributed by atoms with Gasteiger partial charge in [-0.2, -0.15) is 0 Å². The largest absolute Gasteiger partial charge is 0.496 e. The molecule has 1 aromatic carbocycles. The first-order chi connectivity index (χ1) is 23.7. The van der Waals surface area contributed by atoms with Crippen LogP contribution in [0.5, 0.6) is 5.75 Å². The molecular formula is C40H54N4O6. The van der Waals surface area contributed by atoms with Crippen LogP contribution in [0.4, 0.5) is 10.6 Å². The lowest BCUT2D eigenvalue weighted by atomic mass is 9.78. The van der Waals surface area contributed by atoms with E-state index < -0.39 is 11.6 Å². The van der Waals surface area contributed by atoms with E-state index in [0.717, 1.165) is 48.3 Å². The summed E-state index contributed by atoms with van der Waals surface area (Å²) in [5.41, 5.74) is 3.25. The van der Waals surface area contributed by atoms with E-state index in [2.05, 4.69) is 45.9 Å². The minimum Gasteiger partial charge on any atom is -0.496 e. The third-order valence-electron chi connectivity index (χ3n) is 11.3. The molecule has 3 fully saturated rings. The van der Waals surface area contributed by atoms with E-state index in [1.54, 1.807) is 24.5 Å². The molecule has 3 aliphatic rings. The maximum Gasteiger partial charge on any atom is 0.410 e. The van der Waals surface area contributed by atoms with E-state index in [1.807, 2.05) is 30.9 Å². The maximum absolute atomic E-state index is 14.4. The van der Waals surface area contributed by atoms with Crippen molar-refractivity contribution in [1.82, 2.24) is 14.9 Å². The van der Waals surface area contributed by atoms with Crippen LogP contribution in [0, 0.1) is 18.8 Å². The van der Waals surface area contributed by atoms with Crippen LogP contribution in [-0.2, 0) is 14.9 Å². The van der Waals surface area contributed by atoms with E-state index in [4.69, 9.17) is 23.9 Å². The lowest BCUT2D eigenvalue weighted by Crippen LogP contribution is -2.69. The number of aliphatic hydroxyl groups excluding tert-OH is 1. The van der Waals surface area contributed by atoms with Crippen molar-refractivity contribution in [3.63, 3.8) is 0 Å². The van der Waals surface area contributed by atoms with Gasteiger partial charge in [0.15, 0.2) is 5.89 Å². The lowest BCUT2D eigenvalue weighted by Gasteiger charge is -2.51. The number of oxazole rings is 1. The molecule has 0 spiro atoms. The van der Waals surface area contributed by atoms with Crippen molar-refractivity contribution in [1.29, 1.82) is 0 Å². The van der Waals surface area contributed by atoms with Gasteiger partial charge in [-0.15, -0.1) is 0 Å². The highest BCUT2D eigenvalue weighted by molar-refractivity contribution is 5.94. The molecule has 3 aromatic rings. The Labute approximate surface area is 296 Å². The molecule has 1 N–H and O–H groups in total. The Balaban J connectivity index is 1.16. The van der Waals surface area contributed by atoms with Gasteiger partial charge in [-0.1, -0.05) is 32.9 Å². The molecule has 1 aliphatic heterocycles. The second-order valence-electron chi connectivity index (χ2n) is 16.2. The number of anilines is 1. The third kappa shape index (κ3) is 7.55. The smallest absolute Gasteiger partial charge is 0.410 e. The fourth-order valence-electron chi connectivity index (χ4n) is 7.73. The topological polar surface area (TPSA) is 118 Å². The number of nitrogens with zero attached hydrogens (tertiary/aromatic N) is 4. The van der Waals surface area contributed by atoms with Crippen LogP contribution in [0.25, 0.3) is 11.3 Å². The number of benzene rings is 1. The number of methoxy groups -OCH3 is 1. The predicted molar refractivity (Wildman–Crippen MR) is 192 cm³/mol. The number of hydrogen-bond acceptors (Lipinski definition) is 8. The van der Waals surface area contributed by atoms with Crippen molar-refractivity contribution in [3.8, 4) is 17.0 Å². The summed E-state index contributed by atoms with van der Waals surface area (Å²) in [6, 6.07) is 10.4. The number of β-amino-alcohol motifs (C(OH)–C–C–N with tert-alkyl or cyclic N) is 1. The van der Waals surface area contributed by atoms with Crippen LogP contribution in [-0.4, -0.2) is 69.9 Å². The number of ether oxygens (including phenoxy) is 2. The summed E-state index contributed by atoms with van der Waals surface area (Å²) in [6.45, 7) is 12.9. The molecule has 6 rings (SSSR count). The molecule has 10 heteroatoms. The van der Waals surface area contributed by atoms with Gasteiger partial charge in [-0.05, 0) is 113 Å². The predicted octanol–water partition coefficient (Wildman–Crippen LogP) is 7.81. The number of carbonyl (C=O) groups is 2. The zero-order valence-electron chi connectivity index (χ0n) is 30.8. The standard InChI is InChI=1S/C40H54N4O6/c1-25-20-29(14-17-33(25)48-7)27-10-8-26(9-11-27)22-43(35-21-30(18-19-41-35)32-24-49-37(42-32)39(2,3)4)36(46)28-12-15-31(16-13-28)50-38(47)44-23-34(45)40(44,5)6/h14,17-21,24,26-28,31,34,45H,8-13,15-16,22-23H2,1-7H3/t26-,27-,28-,31-,34?. The number of amides is 2. The number of likely N-dealkylation sites (tertiary alicyclic amines) is 1. The summed E-state index contributed by atoms with van der Waals surface area (Å²) in [7, 11) is 1.71. The third-order valence-corrected chi connectivity index (χ3v) is 11.3. The van der Waals surface area contributed by atoms with Gasteiger partial charge in [-0.3, -0.25) is 14.6 Å². The maximum atomic E-state index is 14.4. The molecule has 50 heavy (non-hydrogen) atoms. The van der Waals surface area contributed by atoms with Gasteiger partial charge < -0.3 is 19.0 Å². The summed E-state index contributed by atoms with van der Waals surface area (Å²) in [6.07, 6.45) is 8.99. The van der Waals surface area contributed by atoms with Crippen LogP contribution in [0.3, 0.4) is 0 Å². The van der Waals surface area contributed by atoms with Crippen LogP contribution in [0.2, 0.25) is 0 Å².